The van der Waals surface area contributed by atoms with Crippen LogP contribution in [0.1, 0.15) is 25.3 Å². The third-order valence-corrected chi connectivity index (χ3v) is 3.28. The molecule has 2 rings (SSSR count). The first-order valence-corrected chi connectivity index (χ1v) is 5.91. The molecule has 1 fully saturated rings. The topological polar surface area (TPSA) is 66.6 Å². The lowest BCUT2D eigenvalue weighted by Crippen LogP contribution is -2.40. The van der Waals surface area contributed by atoms with Crippen LogP contribution < -0.4 is 5.73 Å². The maximum Gasteiger partial charge on any atom is 0.320 e. The maximum atomic E-state index is 11.1. The summed E-state index contributed by atoms with van der Waals surface area (Å²) in [5, 5.41) is 9.10. The highest BCUT2D eigenvalue weighted by molar-refractivity contribution is 5.73. The molecule has 0 aliphatic heterocycles. The van der Waals surface area contributed by atoms with Gasteiger partial charge in [-0.2, -0.15) is 0 Å². The third kappa shape index (κ3) is 2.77. The van der Waals surface area contributed by atoms with Gasteiger partial charge in [0.05, 0.1) is 0 Å². The zero-order valence-electron chi connectivity index (χ0n) is 9.97. The Morgan fingerprint density at radius 1 is 1.53 bits per heavy atom. The van der Waals surface area contributed by atoms with Crippen molar-refractivity contribution in [2.45, 2.75) is 38.4 Å². The first-order valence-electron chi connectivity index (χ1n) is 5.91. The molecule has 0 spiro atoms. The summed E-state index contributed by atoms with van der Waals surface area (Å²) in [6, 6.07) is 7.58. The van der Waals surface area contributed by atoms with E-state index in [1.54, 1.807) is 6.92 Å². The number of para-hydroxylation sites is 1. The summed E-state index contributed by atoms with van der Waals surface area (Å²) in [7, 11) is 0. The van der Waals surface area contributed by atoms with Crippen molar-refractivity contribution >= 4 is 11.7 Å². The smallest absolute Gasteiger partial charge is 0.320 e. The van der Waals surface area contributed by atoms with Crippen LogP contribution in [0, 0.1) is 0 Å². The van der Waals surface area contributed by atoms with E-state index >= 15 is 0 Å². The van der Waals surface area contributed by atoms with Gasteiger partial charge in [-0.25, -0.2) is 0 Å². The lowest BCUT2D eigenvalue weighted by atomic mass is 10.1. The highest BCUT2D eigenvalue weighted by Crippen LogP contribution is 2.31. The zero-order valence-corrected chi connectivity index (χ0v) is 9.97. The van der Waals surface area contributed by atoms with E-state index < -0.39 is 12.0 Å². The highest BCUT2D eigenvalue weighted by Gasteiger charge is 2.35. The Hall–Kier alpha value is -1.55. The molecule has 0 radical (unpaired) electrons. The maximum absolute atomic E-state index is 11.1. The Morgan fingerprint density at radius 2 is 2.18 bits per heavy atom. The standard InChI is InChI=1S/C13H18N2O2/c1-9(13(16)17)15(11-6-7-11)8-10-4-2-3-5-12(10)14/h2-5,9,11H,6-8,14H2,1H3,(H,16,17). The van der Waals surface area contributed by atoms with Gasteiger partial charge >= 0.3 is 5.97 Å². The van der Waals surface area contributed by atoms with Crippen molar-refractivity contribution in [2.75, 3.05) is 5.73 Å². The fourth-order valence-electron chi connectivity index (χ4n) is 2.01. The van der Waals surface area contributed by atoms with Gasteiger partial charge in [0.2, 0.25) is 0 Å². The Labute approximate surface area is 101 Å². The minimum absolute atomic E-state index is 0.403. The van der Waals surface area contributed by atoms with Crippen molar-refractivity contribution in [3.05, 3.63) is 29.8 Å². The SMILES string of the molecule is CC(C(=O)O)N(Cc1ccccc1N)C1CC1. The van der Waals surface area contributed by atoms with Crippen LogP contribution >= 0.6 is 0 Å². The largest absolute Gasteiger partial charge is 0.480 e. The number of carbonyl (C=O) groups is 1. The van der Waals surface area contributed by atoms with E-state index in [2.05, 4.69) is 0 Å². The molecule has 1 aliphatic carbocycles. The fourth-order valence-corrected chi connectivity index (χ4v) is 2.01. The molecular formula is C13H18N2O2. The molecule has 17 heavy (non-hydrogen) atoms. The van der Waals surface area contributed by atoms with E-state index in [1.807, 2.05) is 29.2 Å². The summed E-state index contributed by atoms with van der Waals surface area (Å²) in [5.74, 6) is -0.772. The zero-order chi connectivity index (χ0) is 12.4. The third-order valence-electron chi connectivity index (χ3n) is 3.28. The number of hydrogen-bond donors (Lipinski definition) is 2. The molecule has 1 saturated carbocycles. The van der Waals surface area contributed by atoms with Crippen molar-refractivity contribution < 1.29 is 9.90 Å². The van der Waals surface area contributed by atoms with Crippen molar-refractivity contribution in [3.8, 4) is 0 Å². The molecule has 0 bridgehead atoms. The predicted octanol–water partition coefficient (Wildman–Crippen LogP) is 1.71. The summed E-state index contributed by atoms with van der Waals surface area (Å²) in [5.41, 5.74) is 7.63. The molecule has 1 aromatic carbocycles. The predicted molar refractivity (Wildman–Crippen MR) is 66.5 cm³/mol. The Kier molecular flexibility index (Phi) is 3.33. The number of carboxylic acids is 1. The van der Waals surface area contributed by atoms with Gasteiger partial charge in [0.15, 0.2) is 0 Å². The highest BCUT2D eigenvalue weighted by atomic mass is 16.4. The van der Waals surface area contributed by atoms with E-state index in [1.165, 1.54) is 0 Å². The number of carboxylic acid groups (broad SMARTS) is 1. The van der Waals surface area contributed by atoms with Gasteiger partial charge < -0.3 is 10.8 Å². The van der Waals surface area contributed by atoms with E-state index in [9.17, 15) is 4.79 Å². The van der Waals surface area contributed by atoms with E-state index in [0.29, 0.717) is 12.6 Å². The van der Waals surface area contributed by atoms with Gasteiger partial charge in [0.25, 0.3) is 0 Å². The molecule has 1 unspecified atom stereocenters. The van der Waals surface area contributed by atoms with Crippen molar-refractivity contribution in [2.24, 2.45) is 0 Å². The summed E-state index contributed by atoms with van der Waals surface area (Å²) >= 11 is 0. The molecule has 1 aromatic rings. The second-order valence-electron chi connectivity index (χ2n) is 4.62. The van der Waals surface area contributed by atoms with Crippen molar-refractivity contribution in [1.82, 2.24) is 4.90 Å². The average Bonchev–Trinajstić information content (AvgIpc) is 3.11. The summed E-state index contributed by atoms with van der Waals surface area (Å²) in [4.78, 5) is 13.1. The molecule has 1 aliphatic rings. The quantitative estimate of drug-likeness (QED) is 0.761. The Bertz CT molecular complexity index is 416. The molecule has 0 heterocycles. The van der Waals surface area contributed by atoms with Crippen LogP contribution in [0.2, 0.25) is 0 Å². The minimum Gasteiger partial charge on any atom is -0.480 e. The van der Waals surface area contributed by atoms with Crippen LogP contribution in [0.3, 0.4) is 0 Å². The van der Waals surface area contributed by atoms with Crippen molar-refractivity contribution in [1.29, 1.82) is 0 Å². The lowest BCUT2D eigenvalue weighted by molar-refractivity contribution is -0.143. The van der Waals surface area contributed by atoms with Crippen LogP contribution in [0.4, 0.5) is 5.69 Å². The summed E-state index contributed by atoms with van der Waals surface area (Å²) in [6.45, 7) is 2.35. The van der Waals surface area contributed by atoms with Crippen LogP contribution in [-0.2, 0) is 11.3 Å². The number of hydrogen-bond acceptors (Lipinski definition) is 3. The Balaban J connectivity index is 2.13. The van der Waals surface area contributed by atoms with E-state index in [0.717, 1.165) is 24.1 Å². The minimum atomic E-state index is -0.772. The monoisotopic (exact) mass is 234 g/mol. The number of nitrogens with two attached hydrogens (primary N) is 1. The molecule has 3 N–H and O–H groups in total. The van der Waals surface area contributed by atoms with Crippen LogP contribution in [0.15, 0.2) is 24.3 Å². The second kappa shape index (κ2) is 4.75. The molecule has 4 nitrogen and oxygen atoms in total. The number of benzene rings is 1. The number of aliphatic carboxylic acids is 1. The second-order valence-corrected chi connectivity index (χ2v) is 4.62. The number of rotatable bonds is 5. The molecule has 92 valence electrons. The number of anilines is 1. The van der Waals surface area contributed by atoms with Crippen molar-refractivity contribution in [3.63, 3.8) is 0 Å². The first kappa shape index (κ1) is 11.9. The first-order chi connectivity index (χ1) is 8.09. The van der Waals surface area contributed by atoms with Crippen LogP contribution in [0.25, 0.3) is 0 Å². The van der Waals surface area contributed by atoms with E-state index in [-0.39, 0.29) is 0 Å². The molecule has 4 heteroatoms. The molecule has 0 amide bonds. The van der Waals surface area contributed by atoms with Gasteiger partial charge in [-0.3, -0.25) is 9.69 Å². The molecular weight excluding hydrogens is 216 g/mol. The number of nitrogens with zero attached hydrogens (tertiary/aromatic N) is 1. The average molecular weight is 234 g/mol. The Morgan fingerprint density at radius 3 is 2.71 bits per heavy atom. The van der Waals surface area contributed by atoms with Gasteiger partial charge in [-0.1, -0.05) is 18.2 Å². The summed E-state index contributed by atoms with van der Waals surface area (Å²) < 4.78 is 0. The van der Waals surface area contributed by atoms with Gasteiger partial charge in [0.1, 0.15) is 6.04 Å². The number of nitrogen functional groups attached to an aromatic ring is 1. The van der Waals surface area contributed by atoms with Gasteiger partial charge in [-0.05, 0) is 31.4 Å². The molecule has 1 atom stereocenters. The lowest BCUT2D eigenvalue weighted by Gasteiger charge is -2.26. The van der Waals surface area contributed by atoms with Gasteiger partial charge in [-0.15, -0.1) is 0 Å². The molecule has 0 aromatic heterocycles. The molecule has 0 saturated heterocycles. The van der Waals surface area contributed by atoms with Crippen LogP contribution in [-0.4, -0.2) is 28.1 Å². The fraction of sp³-hybridized carbons (Fsp3) is 0.462. The summed E-state index contributed by atoms with van der Waals surface area (Å²) in [6.07, 6.45) is 2.18. The van der Waals surface area contributed by atoms with Gasteiger partial charge in [0, 0.05) is 18.3 Å². The van der Waals surface area contributed by atoms with Crippen LogP contribution in [0.5, 0.6) is 0 Å². The van der Waals surface area contributed by atoms with E-state index in [4.69, 9.17) is 10.8 Å². The normalized spacial score (nSPS) is 17.1.